The summed E-state index contributed by atoms with van der Waals surface area (Å²) in [5.41, 5.74) is 2.34. The van der Waals surface area contributed by atoms with E-state index in [1.165, 1.54) is 16.9 Å². The number of carbonyl (C=O) groups excluding carboxylic acids is 1. The van der Waals surface area contributed by atoms with E-state index >= 15 is 0 Å². The van der Waals surface area contributed by atoms with Crippen LogP contribution in [0.1, 0.15) is 12.5 Å². The van der Waals surface area contributed by atoms with E-state index in [1.54, 1.807) is 6.07 Å². The van der Waals surface area contributed by atoms with Crippen LogP contribution >= 0.6 is 11.3 Å². The summed E-state index contributed by atoms with van der Waals surface area (Å²) in [6, 6.07) is 13.7. The van der Waals surface area contributed by atoms with Crippen LogP contribution in [-0.2, 0) is 18.3 Å². The number of nitrogens with zero attached hydrogens (tertiary/aromatic N) is 2. The summed E-state index contributed by atoms with van der Waals surface area (Å²) >= 11 is 1.51. The zero-order valence-electron chi connectivity index (χ0n) is 14.1. The van der Waals surface area contributed by atoms with Crippen LogP contribution in [-0.4, -0.2) is 23.2 Å². The molecule has 1 aliphatic rings. The van der Waals surface area contributed by atoms with Gasteiger partial charge in [0.1, 0.15) is 6.61 Å². The van der Waals surface area contributed by atoms with Gasteiger partial charge >= 0.3 is 0 Å². The van der Waals surface area contributed by atoms with Crippen LogP contribution in [0.4, 0.5) is 0 Å². The molecule has 25 heavy (non-hydrogen) atoms. The third kappa shape index (κ3) is 2.93. The lowest BCUT2D eigenvalue weighted by Crippen LogP contribution is -2.36. The molecule has 1 unspecified atom stereocenters. The third-order valence-corrected chi connectivity index (χ3v) is 5.37. The molecule has 4 rings (SSSR count). The second-order valence-corrected chi connectivity index (χ2v) is 6.92. The lowest BCUT2D eigenvalue weighted by Gasteiger charge is -2.23. The fourth-order valence-electron chi connectivity index (χ4n) is 2.81. The van der Waals surface area contributed by atoms with E-state index in [2.05, 4.69) is 30.1 Å². The van der Waals surface area contributed by atoms with Crippen LogP contribution in [0.25, 0.3) is 10.2 Å². The molecule has 0 aliphatic carbocycles. The summed E-state index contributed by atoms with van der Waals surface area (Å²) in [5.74, 6) is 0.911. The fourth-order valence-corrected chi connectivity index (χ4v) is 3.90. The third-order valence-electron chi connectivity index (χ3n) is 4.27. The topological polar surface area (TPSA) is 52.8 Å². The van der Waals surface area contributed by atoms with Gasteiger partial charge in [-0.2, -0.15) is 4.99 Å². The van der Waals surface area contributed by atoms with E-state index in [0.717, 1.165) is 16.6 Å². The molecule has 0 bridgehead atoms. The van der Waals surface area contributed by atoms with Crippen molar-refractivity contribution in [2.75, 3.05) is 6.61 Å². The van der Waals surface area contributed by atoms with Crippen molar-refractivity contribution in [3.63, 3.8) is 0 Å². The van der Waals surface area contributed by atoms with Crippen molar-refractivity contribution in [3.8, 4) is 11.5 Å². The summed E-state index contributed by atoms with van der Waals surface area (Å²) in [7, 11) is 1.92. The Morgan fingerprint density at radius 1 is 1.28 bits per heavy atom. The minimum atomic E-state index is -0.716. The van der Waals surface area contributed by atoms with Gasteiger partial charge in [0.2, 0.25) is 6.10 Å². The number of aromatic nitrogens is 1. The molecule has 6 heteroatoms. The Morgan fingerprint density at radius 2 is 2.08 bits per heavy atom. The summed E-state index contributed by atoms with van der Waals surface area (Å²) in [5, 5.41) is 0. The van der Waals surface area contributed by atoms with Crippen molar-refractivity contribution >= 4 is 27.5 Å². The Balaban J connectivity index is 1.66. The van der Waals surface area contributed by atoms with Gasteiger partial charge in [0.25, 0.3) is 5.91 Å². The van der Waals surface area contributed by atoms with Crippen LogP contribution in [0.2, 0.25) is 0 Å². The zero-order valence-corrected chi connectivity index (χ0v) is 14.9. The van der Waals surface area contributed by atoms with Crippen LogP contribution < -0.4 is 14.3 Å². The van der Waals surface area contributed by atoms with Gasteiger partial charge in [-0.25, -0.2) is 0 Å². The van der Waals surface area contributed by atoms with Crippen LogP contribution in [0, 0.1) is 0 Å². The summed E-state index contributed by atoms with van der Waals surface area (Å²) < 4.78 is 14.4. The predicted octanol–water partition coefficient (Wildman–Crippen LogP) is 3.07. The molecular formula is C19H18N2O3S. The molecule has 2 aromatic carbocycles. The van der Waals surface area contributed by atoms with Gasteiger partial charge in [-0.3, -0.25) is 4.79 Å². The van der Waals surface area contributed by atoms with E-state index in [4.69, 9.17) is 9.47 Å². The highest BCUT2D eigenvalue weighted by Gasteiger charge is 2.27. The van der Waals surface area contributed by atoms with Crippen LogP contribution in [0.5, 0.6) is 11.5 Å². The molecule has 0 saturated heterocycles. The average molecular weight is 354 g/mol. The summed E-state index contributed by atoms with van der Waals surface area (Å²) in [6.07, 6.45) is 0.265. The molecule has 1 atom stereocenters. The average Bonchev–Trinajstić information content (AvgIpc) is 2.96. The normalized spacial score (nSPS) is 17.0. The number of amides is 1. The number of hydrogen-bond acceptors (Lipinski definition) is 4. The largest absolute Gasteiger partial charge is 0.485 e. The van der Waals surface area contributed by atoms with E-state index in [9.17, 15) is 4.79 Å². The standard InChI is InChI=1S/C19H18N2O3S/c1-3-12-8-9-13-17(10-12)25-19(21(13)2)20-18(22)16-11-23-14-6-4-5-7-15(14)24-16/h4-10,16H,3,11H2,1-2H3. The van der Waals surface area contributed by atoms with Gasteiger partial charge in [0, 0.05) is 7.05 Å². The maximum atomic E-state index is 12.6. The Labute approximate surface area is 149 Å². The number of ether oxygens (including phenoxy) is 2. The van der Waals surface area contributed by atoms with Crippen molar-refractivity contribution in [3.05, 3.63) is 52.8 Å². The molecule has 1 aliphatic heterocycles. The molecule has 5 nitrogen and oxygen atoms in total. The molecule has 128 valence electrons. The van der Waals surface area contributed by atoms with Gasteiger partial charge in [-0.1, -0.05) is 36.5 Å². The molecule has 1 amide bonds. The minimum Gasteiger partial charge on any atom is -0.485 e. The number of benzene rings is 2. The monoisotopic (exact) mass is 354 g/mol. The van der Waals surface area contributed by atoms with Crippen molar-refractivity contribution in [1.82, 2.24) is 4.57 Å². The second-order valence-electron chi connectivity index (χ2n) is 5.91. The number of hydrogen-bond donors (Lipinski definition) is 0. The van der Waals surface area contributed by atoms with Crippen LogP contribution in [0.3, 0.4) is 0 Å². The first-order valence-corrected chi connectivity index (χ1v) is 9.03. The Hall–Kier alpha value is -2.60. The van der Waals surface area contributed by atoms with Crippen molar-refractivity contribution in [2.45, 2.75) is 19.4 Å². The Kier molecular flexibility index (Phi) is 4.05. The Morgan fingerprint density at radius 3 is 2.88 bits per heavy atom. The van der Waals surface area contributed by atoms with E-state index in [0.29, 0.717) is 16.3 Å². The number of rotatable bonds is 2. The molecular weight excluding hydrogens is 336 g/mol. The van der Waals surface area contributed by atoms with Crippen molar-refractivity contribution in [1.29, 1.82) is 0 Å². The summed E-state index contributed by atoms with van der Waals surface area (Å²) in [4.78, 5) is 17.5. The first-order valence-electron chi connectivity index (χ1n) is 8.21. The van der Waals surface area contributed by atoms with E-state index in [-0.39, 0.29) is 12.5 Å². The number of para-hydroxylation sites is 2. The molecule has 2 heterocycles. The maximum Gasteiger partial charge on any atom is 0.292 e. The zero-order chi connectivity index (χ0) is 17.4. The molecule has 0 saturated carbocycles. The molecule has 0 fully saturated rings. The Bertz CT molecular complexity index is 1020. The van der Waals surface area contributed by atoms with Crippen LogP contribution in [0.15, 0.2) is 47.5 Å². The number of carbonyl (C=O) groups is 1. The molecule has 3 aromatic rings. The minimum absolute atomic E-state index is 0.175. The van der Waals surface area contributed by atoms with Crippen molar-refractivity contribution in [2.24, 2.45) is 12.0 Å². The predicted molar refractivity (Wildman–Crippen MR) is 97.1 cm³/mol. The lowest BCUT2D eigenvalue weighted by molar-refractivity contribution is -0.127. The number of thiazole rings is 1. The highest BCUT2D eigenvalue weighted by molar-refractivity contribution is 7.16. The van der Waals surface area contributed by atoms with E-state index < -0.39 is 6.10 Å². The van der Waals surface area contributed by atoms with Gasteiger partial charge in [-0.05, 0) is 36.2 Å². The summed E-state index contributed by atoms with van der Waals surface area (Å²) in [6.45, 7) is 2.30. The first kappa shape index (κ1) is 15.9. The smallest absolute Gasteiger partial charge is 0.292 e. The highest BCUT2D eigenvalue weighted by Crippen LogP contribution is 2.31. The van der Waals surface area contributed by atoms with Gasteiger partial charge in [0.15, 0.2) is 16.3 Å². The number of aryl methyl sites for hydroxylation is 2. The molecule has 0 spiro atoms. The SMILES string of the molecule is CCc1ccc2c(c1)sc(=NC(=O)C1COc3ccccc3O1)n2C. The maximum absolute atomic E-state index is 12.6. The molecule has 0 radical (unpaired) electrons. The first-order chi connectivity index (χ1) is 12.2. The van der Waals surface area contributed by atoms with Gasteiger partial charge < -0.3 is 14.0 Å². The number of fused-ring (bicyclic) bond motifs is 2. The quantitative estimate of drug-likeness (QED) is 0.711. The second kappa shape index (κ2) is 6.37. The fraction of sp³-hybridized carbons (Fsp3) is 0.263. The van der Waals surface area contributed by atoms with E-state index in [1.807, 2.05) is 29.8 Å². The lowest BCUT2D eigenvalue weighted by atomic mass is 10.2. The van der Waals surface area contributed by atoms with Crippen molar-refractivity contribution < 1.29 is 14.3 Å². The van der Waals surface area contributed by atoms with Gasteiger partial charge in [-0.15, -0.1) is 0 Å². The molecule has 0 N–H and O–H groups in total. The van der Waals surface area contributed by atoms with Gasteiger partial charge in [0.05, 0.1) is 10.2 Å². The highest BCUT2D eigenvalue weighted by atomic mass is 32.1. The molecule has 1 aromatic heterocycles.